The van der Waals surface area contributed by atoms with Gasteiger partial charge in [0.2, 0.25) is 0 Å². The highest BCUT2D eigenvalue weighted by Gasteiger charge is 2.34. The number of piperazine rings is 1. The minimum atomic E-state index is -4.40. The minimum absolute atomic E-state index is 0. The molecule has 2 aliphatic rings. The van der Waals surface area contributed by atoms with Crippen LogP contribution in [0.5, 0.6) is 0 Å². The van der Waals surface area contributed by atoms with Crippen LogP contribution in [0.15, 0.2) is 72.8 Å². The molecule has 0 aromatic heterocycles. The highest BCUT2D eigenvalue weighted by Crippen LogP contribution is 2.40. The zero-order valence-corrected chi connectivity index (χ0v) is 27.9. The number of carbonyl (C=O) groups is 1. The number of benzene rings is 4. The molecule has 4 aromatic rings. The molecule has 0 aliphatic carbocycles. The van der Waals surface area contributed by atoms with Crippen molar-refractivity contribution in [2.45, 2.75) is 58.0 Å². The molecule has 0 bridgehead atoms. The third kappa shape index (κ3) is 8.59. The first kappa shape index (κ1) is 37.0. The average Bonchev–Trinajstić information content (AvgIpc) is 3.03. The van der Waals surface area contributed by atoms with E-state index in [0.29, 0.717) is 42.3 Å². The lowest BCUT2D eigenvalue weighted by Gasteiger charge is -2.37. The van der Waals surface area contributed by atoms with Crippen LogP contribution in [0.4, 0.5) is 42.5 Å². The van der Waals surface area contributed by atoms with Crippen molar-refractivity contribution in [3.8, 4) is 0 Å². The third-order valence-electron chi connectivity index (χ3n) is 8.38. The van der Waals surface area contributed by atoms with Gasteiger partial charge in [-0.15, -0.1) is 12.4 Å². The number of nitrogens with zero attached hydrogens (tertiary/aromatic N) is 3. The molecule has 0 saturated carbocycles. The second-order valence-corrected chi connectivity index (χ2v) is 12.9. The van der Waals surface area contributed by atoms with Crippen molar-refractivity contribution in [3.63, 3.8) is 0 Å². The molecule has 2 saturated heterocycles. The van der Waals surface area contributed by atoms with Gasteiger partial charge in [0, 0.05) is 61.4 Å². The summed E-state index contributed by atoms with van der Waals surface area (Å²) in [6.07, 6.45) is -5.65. The number of carbonyl (C=O) groups excluding carboxylic acids is 1. The summed E-state index contributed by atoms with van der Waals surface area (Å²) in [5.74, 6) is 0. The van der Waals surface area contributed by atoms with Crippen LogP contribution in [0.2, 0.25) is 0 Å². The quantitative estimate of drug-likeness (QED) is 0.196. The minimum Gasteiger partial charge on any atom is -0.444 e. The second kappa shape index (κ2) is 14.7. The van der Waals surface area contributed by atoms with Crippen LogP contribution in [-0.4, -0.2) is 55.9 Å². The van der Waals surface area contributed by atoms with Gasteiger partial charge < -0.3 is 19.4 Å². The van der Waals surface area contributed by atoms with E-state index in [9.17, 15) is 31.1 Å². The number of fused-ring (bicyclic) bond motifs is 2. The molecule has 48 heavy (non-hydrogen) atoms. The van der Waals surface area contributed by atoms with E-state index in [-0.39, 0.29) is 23.9 Å². The highest BCUT2D eigenvalue weighted by atomic mass is 35.5. The smallest absolute Gasteiger partial charge is 0.417 e. The number of hydrogen-bond donors (Lipinski definition) is 0. The number of rotatable bonds is 2. The molecule has 2 fully saturated rings. The molecular weight excluding hydrogens is 656 g/mol. The maximum absolute atomic E-state index is 13.3. The first-order valence-corrected chi connectivity index (χ1v) is 15.8. The molecule has 6 rings (SSSR count). The molecule has 0 N–H and O–H groups in total. The molecule has 0 radical (unpaired) electrons. The van der Waals surface area contributed by atoms with E-state index < -0.39 is 29.1 Å². The molecule has 1 amide bonds. The van der Waals surface area contributed by atoms with Crippen LogP contribution < -0.4 is 9.80 Å². The van der Waals surface area contributed by atoms with E-state index >= 15 is 0 Å². The van der Waals surface area contributed by atoms with Crippen LogP contribution in [0.1, 0.15) is 51.2 Å². The van der Waals surface area contributed by atoms with Crippen molar-refractivity contribution in [1.29, 1.82) is 0 Å². The van der Waals surface area contributed by atoms with Gasteiger partial charge in [-0.05, 0) is 75.1 Å². The Kier molecular flexibility index (Phi) is 11.3. The van der Waals surface area contributed by atoms with Crippen LogP contribution in [0.25, 0.3) is 21.5 Å². The molecule has 4 aromatic carbocycles. The number of amides is 1. The largest absolute Gasteiger partial charge is 0.444 e. The summed E-state index contributed by atoms with van der Waals surface area (Å²) >= 11 is 0. The summed E-state index contributed by atoms with van der Waals surface area (Å²) in [7, 11) is 0. The van der Waals surface area contributed by atoms with Gasteiger partial charge >= 0.3 is 18.4 Å². The van der Waals surface area contributed by atoms with Gasteiger partial charge in [-0.2, -0.15) is 26.3 Å². The Bertz CT molecular complexity index is 1710. The summed E-state index contributed by atoms with van der Waals surface area (Å²) in [5.41, 5.74) is -0.0588. The first-order chi connectivity index (χ1) is 22.1. The topological polar surface area (TPSA) is 36.0 Å². The fourth-order valence-corrected chi connectivity index (χ4v) is 6.20. The molecule has 0 unspecified atom stereocenters. The van der Waals surface area contributed by atoms with Crippen molar-refractivity contribution in [2.75, 3.05) is 49.1 Å². The van der Waals surface area contributed by atoms with E-state index in [1.54, 1.807) is 53.4 Å². The third-order valence-corrected chi connectivity index (χ3v) is 8.38. The maximum atomic E-state index is 13.3. The average molecular weight is 696 g/mol. The number of halogens is 7. The Morgan fingerprint density at radius 3 is 1.35 bits per heavy atom. The van der Waals surface area contributed by atoms with E-state index in [0.717, 1.165) is 43.4 Å². The number of alkyl halides is 6. The fraction of sp³-hybridized carbons (Fsp3) is 0.417. The predicted octanol–water partition coefficient (Wildman–Crippen LogP) is 10.2. The Labute approximate surface area is 282 Å². The maximum Gasteiger partial charge on any atom is 0.417 e. The predicted molar refractivity (Wildman–Crippen MR) is 181 cm³/mol. The van der Waals surface area contributed by atoms with Crippen LogP contribution in [0.3, 0.4) is 0 Å². The molecule has 5 nitrogen and oxygen atoms in total. The zero-order valence-electron chi connectivity index (χ0n) is 27.1. The summed E-state index contributed by atoms with van der Waals surface area (Å²) in [5, 5.41) is 1.75. The van der Waals surface area contributed by atoms with Crippen LogP contribution in [0, 0.1) is 0 Å². The van der Waals surface area contributed by atoms with Gasteiger partial charge in [-0.25, -0.2) is 4.79 Å². The van der Waals surface area contributed by atoms with E-state index in [1.165, 1.54) is 24.6 Å². The van der Waals surface area contributed by atoms with Crippen molar-refractivity contribution >= 4 is 51.4 Å². The number of hydrogen-bond acceptors (Lipinski definition) is 4. The number of anilines is 2. The summed E-state index contributed by atoms with van der Waals surface area (Å²) < 4.78 is 84.5. The monoisotopic (exact) mass is 695 g/mol. The van der Waals surface area contributed by atoms with Gasteiger partial charge in [0.25, 0.3) is 0 Å². The lowest BCUT2D eigenvalue weighted by atomic mass is 10.0. The van der Waals surface area contributed by atoms with Gasteiger partial charge in [0.05, 0.1) is 11.1 Å². The van der Waals surface area contributed by atoms with Gasteiger partial charge in [0.15, 0.2) is 0 Å². The molecule has 2 aliphatic heterocycles. The van der Waals surface area contributed by atoms with Crippen LogP contribution in [-0.2, 0) is 17.1 Å². The van der Waals surface area contributed by atoms with Gasteiger partial charge in [-0.3, -0.25) is 0 Å². The van der Waals surface area contributed by atoms with Crippen molar-refractivity contribution < 1.29 is 35.9 Å². The lowest BCUT2D eigenvalue weighted by Crippen LogP contribution is -2.50. The SMILES string of the molecule is CC(C)(C)OC(=O)N1CCN(c2ccc(C(F)(F)F)c3ccccc23)CC1.Cl.FC(F)(F)c1ccc(N2CCCCC2)c2ccccc12. The standard InChI is InChI=1S/C20H23F3N2O2.C16H16F3N.ClH/c1-19(2,3)27-18(26)25-12-10-24(11-13-25)17-9-8-16(20(21,22)23)14-6-4-5-7-15(14)17;17-16(18,19)14-8-9-15(20-10-4-1-5-11-20)13-7-3-2-6-12(13)14;/h4-9H,10-13H2,1-3H3;2-3,6-9H,1,4-5,10-11H2;1H. The molecular formula is C36H40ClF6N3O2. The Morgan fingerprint density at radius 1 is 0.562 bits per heavy atom. The van der Waals surface area contributed by atoms with E-state index in [2.05, 4.69) is 4.90 Å². The van der Waals surface area contributed by atoms with E-state index in [1.807, 2.05) is 25.7 Å². The second-order valence-electron chi connectivity index (χ2n) is 12.9. The Hall–Kier alpha value is -3.86. The Balaban J connectivity index is 0.000000221. The Morgan fingerprint density at radius 2 is 0.958 bits per heavy atom. The molecule has 260 valence electrons. The molecule has 0 atom stereocenters. The lowest BCUT2D eigenvalue weighted by molar-refractivity contribution is -0.137. The molecule has 12 heteroatoms. The van der Waals surface area contributed by atoms with Crippen LogP contribution >= 0.6 is 12.4 Å². The molecule has 2 heterocycles. The zero-order chi connectivity index (χ0) is 34.0. The normalized spacial score (nSPS) is 15.9. The van der Waals surface area contributed by atoms with Crippen molar-refractivity contribution in [2.24, 2.45) is 0 Å². The van der Waals surface area contributed by atoms with Crippen molar-refractivity contribution in [1.82, 2.24) is 4.90 Å². The van der Waals surface area contributed by atoms with Gasteiger partial charge in [0.1, 0.15) is 5.60 Å². The summed E-state index contributed by atoms with van der Waals surface area (Å²) in [6.45, 7) is 9.29. The highest BCUT2D eigenvalue weighted by molar-refractivity contribution is 5.98. The number of piperidine rings is 1. The number of ether oxygens (including phenoxy) is 1. The molecule has 0 spiro atoms. The first-order valence-electron chi connectivity index (χ1n) is 15.8. The summed E-state index contributed by atoms with van der Waals surface area (Å²) in [4.78, 5) is 18.0. The van der Waals surface area contributed by atoms with E-state index in [4.69, 9.17) is 4.74 Å². The van der Waals surface area contributed by atoms with Gasteiger partial charge in [-0.1, -0.05) is 48.5 Å². The fourth-order valence-electron chi connectivity index (χ4n) is 6.20. The summed E-state index contributed by atoms with van der Waals surface area (Å²) in [6, 6.07) is 18.9. The van der Waals surface area contributed by atoms with Crippen molar-refractivity contribution in [3.05, 3.63) is 83.9 Å².